The van der Waals surface area contributed by atoms with E-state index in [1.165, 1.54) is 17.7 Å². The molecule has 6 heteroatoms. The number of pyridine rings is 1. The highest BCUT2D eigenvalue weighted by Gasteiger charge is 2.25. The predicted molar refractivity (Wildman–Crippen MR) is 97.0 cm³/mol. The van der Waals surface area contributed by atoms with E-state index in [0.717, 1.165) is 24.8 Å². The smallest absolute Gasteiger partial charge is 0.248 e. The zero-order chi connectivity index (χ0) is 17.4. The lowest BCUT2D eigenvalue weighted by molar-refractivity contribution is 0.507. The van der Waals surface area contributed by atoms with Gasteiger partial charge in [-0.05, 0) is 60.0 Å². The molecule has 1 heterocycles. The van der Waals surface area contributed by atoms with Gasteiger partial charge in [-0.25, -0.2) is 13.1 Å². The van der Waals surface area contributed by atoms with E-state index in [9.17, 15) is 13.2 Å². The Balaban J connectivity index is 1.69. The van der Waals surface area contributed by atoms with Gasteiger partial charge in [0.05, 0.1) is 4.90 Å². The van der Waals surface area contributed by atoms with Crippen molar-refractivity contribution >= 4 is 20.9 Å². The van der Waals surface area contributed by atoms with Gasteiger partial charge < -0.3 is 4.98 Å². The van der Waals surface area contributed by atoms with Crippen LogP contribution in [0.1, 0.15) is 30.0 Å². The van der Waals surface area contributed by atoms with E-state index >= 15 is 0 Å². The summed E-state index contributed by atoms with van der Waals surface area (Å²) in [6.45, 7) is 0. The lowest BCUT2D eigenvalue weighted by Crippen LogP contribution is -2.31. The molecule has 0 saturated heterocycles. The molecular weight excluding hydrogens is 336 g/mol. The van der Waals surface area contributed by atoms with E-state index in [2.05, 4.69) is 15.8 Å². The number of H-pyrrole nitrogens is 1. The second kappa shape index (κ2) is 6.13. The molecule has 1 aliphatic rings. The maximum absolute atomic E-state index is 12.8. The van der Waals surface area contributed by atoms with Gasteiger partial charge in [-0.3, -0.25) is 4.79 Å². The standard InChI is InChI=1S/C19H18N2O3S/c22-19-11-8-14-12-15(9-10-17(14)20-19)25(23,24)21-18-7-3-5-13-4-1-2-6-16(13)18/h1-2,4,6,8-12,18,21H,3,5,7H2,(H,20,22). The highest BCUT2D eigenvalue weighted by molar-refractivity contribution is 7.89. The van der Waals surface area contributed by atoms with Crippen LogP contribution in [0.5, 0.6) is 0 Å². The molecule has 128 valence electrons. The molecule has 1 aliphatic carbocycles. The van der Waals surface area contributed by atoms with Crippen LogP contribution < -0.4 is 10.3 Å². The number of nitrogens with one attached hydrogen (secondary N) is 2. The van der Waals surface area contributed by atoms with Crippen molar-refractivity contribution in [3.8, 4) is 0 Å². The molecule has 5 nitrogen and oxygen atoms in total. The Morgan fingerprint density at radius 1 is 1.04 bits per heavy atom. The number of hydrogen-bond donors (Lipinski definition) is 2. The molecule has 1 unspecified atom stereocenters. The zero-order valence-electron chi connectivity index (χ0n) is 13.5. The fourth-order valence-corrected chi connectivity index (χ4v) is 4.72. The van der Waals surface area contributed by atoms with Gasteiger partial charge in [0.1, 0.15) is 0 Å². The topological polar surface area (TPSA) is 79.0 Å². The minimum atomic E-state index is -3.65. The summed E-state index contributed by atoms with van der Waals surface area (Å²) in [6, 6.07) is 15.5. The molecule has 2 aromatic carbocycles. The average molecular weight is 354 g/mol. The van der Waals surface area contributed by atoms with Crippen molar-refractivity contribution in [3.63, 3.8) is 0 Å². The lowest BCUT2D eigenvalue weighted by Gasteiger charge is -2.26. The minimum absolute atomic E-state index is 0.204. The van der Waals surface area contributed by atoms with Gasteiger partial charge in [0, 0.05) is 17.6 Å². The number of hydrogen-bond acceptors (Lipinski definition) is 3. The number of aromatic amines is 1. The highest BCUT2D eigenvalue weighted by Crippen LogP contribution is 2.31. The van der Waals surface area contributed by atoms with Gasteiger partial charge in [-0.2, -0.15) is 0 Å². The predicted octanol–water partition coefficient (Wildman–Crippen LogP) is 2.88. The van der Waals surface area contributed by atoms with Gasteiger partial charge in [-0.1, -0.05) is 24.3 Å². The summed E-state index contributed by atoms with van der Waals surface area (Å²) in [7, 11) is -3.65. The van der Waals surface area contributed by atoms with Crippen LogP contribution in [0.25, 0.3) is 10.9 Å². The molecule has 0 bridgehead atoms. The summed E-state index contributed by atoms with van der Waals surface area (Å²) < 4.78 is 28.5. The highest BCUT2D eigenvalue weighted by atomic mass is 32.2. The van der Waals surface area contributed by atoms with Crippen molar-refractivity contribution in [2.75, 3.05) is 0 Å². The molecule has 0 aliphatic heterocycles. The fourth-order valence-electron chi connectivity index (χ4n) is 3.43. The molecule has 0 amide bonds. The first-order valence-corrected chi connectivity index (χ1v) is 9.74. The van der Waals surface area contributed by atoms with E-state index < -0.39 is 10.0 Å². The minimum Gasteiger partial charge on any atom is -0.322 e. The van der Waals surface area contributed by atoms with Gasteiger partial charge in [0.2, 0.25) is 15.6 Å². The monoisotopic (exact) mass is 354 g/mol. The maximum atomic E-state index is 12.8. The number of sulfonamides is 1. The quantitative estimate of drug-likeness (QED) is 0.759. The Labute approximate surface area is 145 Å². The van der Waals surface area contributed by atoms with Crippen molar-refractivity contribution in [1.82, 2.24) is 9.71 Å². The molecule has 1 atom stereocenters. The molecule has 0 radical (unpaired) electrons. The molecule has 3 aromatic rings. The first-order valence-electron chi connectivity index (χ1n) is 8.26. The van der Waals surface area contributed by atoms with Crippen LogP contribution in [0, 0.1) is 0 Å². The molecule has 2 N–H and O–H groups in total. The van der Waals surface area contributed by atoms with Crippen molar-refractivity contribution < 1.29 is 8.42 Å². The SMILES string of the molecule is O=c1ccc2cc(S(=O)(=O)NC3CCCc4ccccc43)ccc2[nH]1. The Morgan fingerprint density at radius 2 is 1.88 bits per heavy atom. The average Bonchev–Trinajstić information content (AvgIpc) is 2.61. The number of aryl methyl sites for hydroxylation is 1. The largest absolute Gasteiger partial charge is 0.322 e. The molecule has 0 spiro atoms. The fraction of sp³-hybridized carbons (Fsp3) is 0.211. The maximum Gasteiger partial charge on any atom is 0.248 e. The Hall–Kier alpha value is -2.44. The molecule has 4 rings (SSSR count). The van der Waals surface area contributed by atoms with Crippen LogP contribution in [0.15, 0.2) is 64.3 Å². The van der Waals surface area contributed by atoms with E-state index in [1.54, 1.807) is 18.2 Å². The molecule has 1 aromatic heterocycles. The summed E-state index contributed by atoms with van der Waals surface area (Å²) in [5.41, 5.74) is 2.68. The zero-order valence-corrected chi connectivity index (χ0v) is 14.3. The second-order valence-corrected chi connectivity index (χ2v) is 8.05. The van der Waals surface area contributed by atoms with Crippen LogP contribution in [0.3, 0.4) is 0 Å². The van der Waals surface area contributed by atoms with E-state index in [4.69, 9.17) is 0 Å². The normalized spacial score (nSPS) is 17.4. The summed E-state index contributed by atoms with van der Waals surface area (Å²) in [4.78, 5) is 14.3. The van der Waals surface area contributed by atoms with Gasteiger partial charge >= 0.3 is 0 Å². The summed E-state index contributed by atoms with van der Waals surface area (Å²) in [5, 5.41) is 0.687. The molecule has 0 fully saturated rings. The Morgan fingerprint density at radius 3 is 2.76 bits per heavy atom. The molecule has 25 heavy (non-hydrogen) atoms. The van der Waals surface area contributed by atoms with Gasteiger partial charge in [-0.15, -0.1) is 0 Å². The third-order valence-corrected chi connectivity index (χ3v) is 6.14. The van der Waals surface area contributed by atoms with Crippen LogP contribution in [-0.2, 0) is 16.4 Å². The van der Waals surface area contributed by atoms with Crippen molar-refractivity contribution in [3.05, 3.63) is 76.1 Å². The first kappa shape index (κ1) is 16.1. The van der Waals surface area contributed by atoms with E-state index in [0.29, 0.717) is 10.9 Å². The number of rotatable bonds is 3. The Kier molecular flexibility index (Phi) is 3.94. The summed E-state index contributed by atoms with van der Waals surface area (Å²) >= 11 is 0. The van der Waals surface area contributed by atoms with Crippen LogP contribution in [0.4, 0.5) is 0 Å². The number of benzene rings is 2. The number of aromatic nitrogens is 1. The Bertz CT molecular complexity index is 1100. The van der Waals surface area contributed by atoms with Crippen LogP contribution in [-0.4, -0.2) is 13.4 Å². The molecular formula is C19H18N2O3S. The second-order valence-electron chi connectivity index (χ2n) is 6.34. The van der Waals surface area contributed by atoms with Crippen molar-refractivity contribution in [2.24, 2.45) is 0 Å². The lowest BCUT2D eigenvalue weighted by atomic mass is 9.88. The summed E-state index contributed by atoms with van der Waals surface area (Å²) in [5.74, 6) is 0. The summed E-state index contributed by atoms with van der Waals surface area (Å²) in [6.07, 6.45) is 2.73. The van der Waals surface area contributed by atoms with E-state index in [-0.39, 0.29) is 16.5 Å². The first-order chi connectivity index (χ1) is 12.0. The van der Waals surface area contributed by atoms with Crippen molar-refractivity contribution in [1.29, 1.82) is 0 Å². The van der Waals surface area contributed by atoms with Crippen LogP contribution in [0.2, 0.25) is 0 Å². The third-order valence-electron chi connectivity index (χ3n) is 4.67. The van der Waals surface area contributed by atoms with E-state index in [1.807, 2.05) is 18.2 Å². The molecule has 0 saturated carbocycles. The number of fused-ring (bicyclic) bond motifs is 2. The van der Waals surface area contributed by atoms with Crippen molar-refractivity contribution in [2.45, 2.75) is 30.2 Å². The third kappa shape index (κ3) is 3.10. The van der Waals surface area contributed by atoms with Gasteiger partial charge in [0.25, 0.3) is 0 Å². The van der Waals surface area contributed by atoms with Gasteiger partial charge in [0.15, 0.2) is 0 Å². The van der Waals surface area contributed by atoms with Crippen LogP contribution >= 0.6 is 0 Å².